The second-order valence-corrected chi connectivity index (χ2v) is 5.03. The van der Waals surface area contributed by atoms with E-state index in [4.69, 9.17) is 4.74 Å². The van der Waals surface area contributed by atoms with Crippen LogP contribution in [0.4, 0.5) is 0 Å². The summed E-state index contributed by atoms with van der Waals surface area (Å²) in [7, 11) is 0. The summed E-state index contributed by atoms with van der Waals surface area (Å²) < 4.78 is 4.94. The smallest absolute Gasteiger partial charge is 0.343 e. The van der Waals surface area contributed by atoms with E-state index < -0.39 is 5.97 Å². The summed E-state index contributed by atoms with van der Waals surface area (Å²) in [5.41, 5.74) is 4.24. The Kier molecular flexibility index (Phi) is 4.26. The Morgan fingerprint density at radius 3 is 2.67 bits per heavy atom. The van der Waals surface area contributed by atoms with Gasteiger partial charge in [0.15, 0.2) is 5.76 Å². The molecule has 1 N–H and O–H groups in total. The van der Waals surface area contributed by atoms with Gasteiger partial charge in [0, 0.05) is 0 Å². The normalized spacial score (nSPS) is 16.4. The van der Waals surface area contributed by atoms with E-state index in [1.807, 2.05) is 26.0 Å². The Labute approximate surface area is 124 Å². The number of nitrogens with zero attached hydrogens (tertiary/aromatic N) is 1. The number of aliphatic imine (C=N–C) groups is 1. The van der Waals surface area contributed by atoms with Gasteiger partial charge in [0.1, 0.15) is 11.3 Å². The van der Waals surface area contributed by atoms with Crippen LogP contribution in [0.1, 0.15) is 30.5 Å². The molecule has 0 radical (unpaired) electrons. The van der Waals surface area contributed by atoms with Crippen LogP contribution in [0.15, 0.2) is 40.2 Å². The van der Waals surface area contributed by atoms with Crippen LogP contribution >= 0.6 is 0 Å². The number of rotatable bonds is 3. The van der Waals surface area contributed by atoms with Crippen molar-refractivity contribution in [3.05, 3.63) is 51.9 Å². The average molecular weight is 285 g/mol. The highest BCUT2D eigenvalue weighted by Crippen LogP contribution is 2.27. The van der Waals surface area contributed by atoms with Crippen molar-refractivity contribution in [3.63, 3.8) is 0 Å². The van der Waals surface area contributed by atoms with Crippen LogP contribution in [0.5, 0.6) is 0 Å². The summed E-state index contributed by atoms with van der Waals surface area (Å²) in [4.78, 5) is 16.1. The molecule has 0 amide bonds. The van der Waals surface area contributed by atoms with Crippen molar-refractivity contribution in [2.75, 3.05) is 6.61 Å². The van der Waals surface area contributed by atoms with Crippen LogP contribution in [0, 0.1) is 13.8 Å². The van der Waals surface area contributed by atoms with Crippen LogP contribution < -0.4 is 0 Å². The molecule has 0 atom stereocenters. The molecule has 4 nitrogen and oxygen atoms in total. The zero-order valence-corrected chi connectivity index (χ0v) is 12.7. The Morgan fingerprint density at radius 2 is 2.05 bits per heavy atom. The molecule has 1 aliphatic heterocycles. The summed E-state index contributed by atoms with van der Waals surface area (Å²) in [6, 6.07) is 6.03. The van der Waals surface area contributed by atoms with E-state index >= 15 is 0 Å². The molecule has 0 saturated carbocycles. The summed E-state index contributed by atoms with van der Waals surface area (Å²) in [5, 5.41) is 10.2. The summed E-state index contributed by atoms with van der Waals surface area (Å²) in [5.74, 6) is -0.661. The first-order valence-corrected chi connectivity index (χ1v) is 6.89. The molecular formula is C17H19NO3. The molecule has 0 saturated heterocycles. The van der Waals surface area contributed by atoms with Gasteiger partial charge < -0.3 is 9.84 Å². The SMILES string of the molecule is CCOC(=O)C1=C(O)/C(=C/c2ccc(C)cc2C)N=C1C. The van der Waals surface area contributed by atoms with E-state index in [-0.39, 0.29) is 17.9 Å². The number of esters is 1. The summed E-state index contributed by atoms with van der Waals surface area (Å²) >= 11 is 0. The predicted molar refractivity (Wildman–Crippen MR) is 83.3 cm³/mol. The van der Waals surface area contributed by atoms with Gasteiger partial charge in [-0.3, -0.25) is 0 Å². The number of carbonyl (C=O) groups excluding carboxylic acids is 1. The zero-order valence-electron chi connectivity index (χ0n) is 12.7. The number of hydrogen-bond donors (Lipinski definition) is 1. The molecule has 0 bridgehead atoms. The molecule has 2 rings (SSSR count). The molecule has 1 aromatic carbocycles. The number of carbonyl (C=O) groups is 1. The number of aliphatic hydroxyl groups excluding tert-OH is 1. The molecule has 1 aliphatic rings. The number of hydrogen-bond acceptors (Lipinski definition) is 4. The van der Waals surface area contributed by atoms with E-state index in [1.165, 1.54) is 5.56 Å². The maximum atomic E-state index is 11.8. The van der Waals surface area contributed by atoms with Crippen LogP contribution in [0.2, 0.25) is 0 Å². The monoisotopic (exact) mass is 285 g/mol. The topological polar surface area (TPSA) is 58.9 Å². The molecule has 1 aromatic rings. The highest BCUT2D eigenvalue weighted by molar-refractivity contribution is 6.22. The Morgan fingerprint density at radius 1 is 1.33 bits per heavy atom. The third-order valence-corrected chi connectivity index (χ3v) is 3.33. The molecule has 21 heavy (non-hydrogen) atoms. The number of aryl methyl sites for hydroxylation is 2. The van der Waals surface area contributed by atoms with Crippen molar-refractivity contribution < 1.29 is 14.6 Å². The maximum absolute atomic E-state index is 11.8. The Hall–Kier alpha value is -2.36. The van der Waals surface area contributed by atoms with Crippen LogP contribution in [-0.4, -0.2) is 23.4 Å². The van der Waals surface area contributed by atoms with Gasteiger partial charge in [-0.05, 0) is 44.9 Å². The first-order valence-electron chi connectivity index (χ1n) is 6.89. The lowest BCUT2D eigenvalue weighted by molar-refractivity contribution is -0.138. The van der Waals surface area contributed by atoms with Gasteiger partial charge in [-0.1, -0.05) is 23.8 Å². The number of ether oxygens (including phenoxy) is 1. The third-order valence-electron chi connectivity index (χ3n) is 3.33. The Balaban J connectivity index is 2.42. The molecule has 0 aliphatic carbocycles. The van der Waals surface area contributed by atoms with Crippen molar-refractivity contribution in [1.82, 2.24) is 0 Å². The molecule has 4 heteroatoms. The van der Waals surface area contributed by atoms with Crippen molar-refractivity contribution in [1.29, 1.82) is 0 Å². The first kappa shape index (κ1) is 15.0. The molecule has 1 heterocycles. The molecule has 0 unspecified atom stereocenters. The number of aliphatic hydroxyl groups is 1. The van der Waals surface area contributed by atoms with Gasteiger partial charge in [0.25, 0.3) is 0 Å². The van der Waals surface area contributed by atoms with Crippen molar-refractivity contribution in [2.45, 2.75) is 27.7 Å². The molecule has 0 spiro atoms. The van der Waals surface area contributed by atoms with Crippen LogP contribution in [-0.2, 0) is 9.53 Å². The first-order chi connectivity index (χ1) is 9.93. The largest absolute Gasteiger partial charge is 0.505 e. The predicted octanol–water partition coefficient (Wildman–Crippen LogP) is 3.49. The third kappa shape index (κ3) is 3.05. The lowest BCUT2D eigenvalue weighted by Crippen LogP contribution is -2.13. The standard InChI is InChI=1S/C17H19NO3/c1-5-21-17(20)15-12(4)18-14(16(15)19)9-13-7-6-10(2)8-11(13)3/h6-9,19H,5H2,1-4H3/b14-9-. The van der Waals surface area contributed by atoms with E-state index in [9.17, 15) is 9.90 Å². The second kappa shape index (κ2) is 5.95. The lowest BCUT2D eigenvalue weighted by Gasteiger charge is -2.04. The maximum Gasteiger partial charge on any atom is 0.343 e. The zero-order chi connectivity index (χ0) is 15.6. The van der Waals surface area contributed by atoms with E-state index in [2.05, 4.69) is 11.1 Å². The minimum atomic E-state index is -0.541. The number of benzene rings is 1. The van der Waals surface area contributed by atoms with Gasteiger partial charge in [-0.25, -0.2) is 9.79 Å². The van der Waals surface area contributed by atoms with Crippen molar-refractivity contribution >= 4 is 17.8 Å². The average Bonchev–Trinajstić information content (AvgIpc) is 2.68. The molecule has 110 valence electrons. The fourth-order valence-electron chi connectivity index (χ4n) is 2.27. The van der Waals surface area contributed by atoms with E-state index in [0.29, 0.717) is 11.4 Å². The minimum absolute atomic E-state index is 0.120. The van der Waals surface area contributed by atoms with Gasteiger partial charge in [0.2, 0.25) is 0 Å². The van der Waals surface area contributed by atoms with Crippen molar-refractivity contribution in [3.8, 4) is 0 Å². The van der Waals surface area contributed by atoms with Crippen LogP contribution in [0.25, 0.3) is 6.08 Å². The minimum Gasteiger partial charge on any atom is -0.505 e. The fraction of sp³-hybridized carbons (Fsp3) is 0.294. The molecule has 0 fully saturated rings. The van der Waals surface area contributed by atoms with E-state index in [0.717, 1.165) is 11.1 Å². The fourth-order valence-corrected chi connectivity index (χ4v) is 2.27. The quantitative estimate of drug-likeness (QED) is 0.865. The highest BCUT2D eigenvalue weighted by atomic mass is 16.5. The van der Waals surface area contributed by atoms with Gasteiger partial charge in [0.05, 0.1) is 12.3 Å². The second-order valence-electron chi connectivity index (χ2n) is 5.03. The van der Waals surface area contributed by atoms with Gasteiger partial charge >= 0.3 is 5.97 Å². The molecule has 0 aromatic heterocycles. The summed E-state index contributed by atoms with van der Waals surface area (Å²) in [6.07, 6.45) is 1.78. The highest BCUT2D eigenvalue weighted by Gasteiger charge is 2.27. The summed E-state index contributed by atoms with van der Waals surface area (Å²) in [6.45, 7) is 7.70. The lowest BCUT2D eigenvalue weighted by atomic mass is 10.0. The van der Waals surface area contributed by atoms with E-state index in [1.54, 1.807) is 19.9 Å². The van der Waals surface area contributed by atoms with Crippen LogP contribution in [0.3, 0.4) is 0 Å². The Bertz CT molecular complexity index is 681. The van der Waals surface area contributed by atoms with Gasteiger partial charge in [-0.2, -0.15) is 0 Å². The van der Waals surface area contributed by atoms with Gasteiger partial charge in [-0.15, -0.1) is 0 Å². The molecular weight excluding hydrogens is 266 g/mol. The van der Waals surface area contributed by atoms with Crippen molar-refractivity contribution in [2.24, 2.45) is 4.99 Å².